The molecule has 2 aliphatic rings. The van der Waals surface area contributed by atoms with E-state index in [1.807, 2.05) is 24.3 Å². The van der Waals surface area contributed by atoms with E-state index in [-0.39, 0.29) is 29.8 Å². The fourth-order valence-corrected chi connectivity index (χ4v) is 4.28. The number of amides is 1. The first kappa shape index (κ1) is 21.6. The van der Waals surface area contributed by atoms with E-state index in [0.29, 0.717) is 43.8 Å². The zero-order chi connectivity index (χ0) is 22.8. The first-order valence-electron chi connectivity index (χ1n) is 11.1. The lowest BCUT2D eigenvalue weighted by molar-refractivity contribution is -0.119. The molecule has 33 heavy (non-hydrogen) atoms. The number of aromatic nitrogens is 3. The van der Waals surface area contributed by atoms with Gasteiger partial charge in [-0.25, -0.2) is 9.97 Å². The van der Waals surface area contributed by atoms with Crippen LogP contribution in [0.3, 0.4) is 0 Å². The summed E-state index contributed by atoms with van der Waals surface area (Å²) >= 11 is 0. The molecular formula is C23H25F2N5O3. The number of halogens is 2. The van der Waals surface area contributed by atoms with Gasteiger partial charge >= 0.3 is 6.55 Å². The number of hydrogen-bond acceptors (Lipinski definition) is 6. The van der Waals surface area contributed by atoms with E-state index >= 15 is 0 Å². The van der Waals surface area contributed by atoms with E-state index in [4.69, 9.17) is 9.47 Å². The summed E-state index contributed by atoms with van der Waals surface area (Å²) in [6.45, 7) is 1.22. The molecule has 0 bridgehead atoms. The maximum atomic E-state index is 13.5. The van der Waals surface area contributed by atoms with Gasteiger partial charge in [-0.3, -0.25) is 9.36 Å². The Labute approximate surface area is 189 Å². The predicted molar refractivity (Wildman–Crippen MR) is 118 cm³/mol. The van der Waals surface area contributed by atoms with Crippen molar-refractivity contribution in [2.75, 3.05) is 44.4 Å². The van der Waals surface area contributed by atoms with E-state index in [0.717, 1.165) is 35.2 Å². The second-order valence-electron chi connectivity index (χ2n) is 8.27. The predicted octanol–water partition coefficient (Wildman–Crippen LogP) is 3.24. The summed E-state index contributed by atoms with van der Waals surface area (Å²) in [5.41, 5.74) is 3.10. The van der Waals surface area contributed by atoms with Crippen molar-refractivity contribution in [3.8, 4) is 17.1 Å². The molecule has 1 amide bonds. The molecule has 0 saturated carbocycles. The standard InChI is InChI=1S/C23H25F2N5O3/c24-23(25)30-14-27-19-12-18(16-1-3-17(4-2-16)29-6-9-32-10-7-29)28-22(21(19)30)33-8-5-15-11-20(31)26-13-15/h1-4,12,14-15,23H,5-11,13H2,(H,26,31)/t15-/m1/s1. The Balaban J connectivity index is 1.41. The molecule has 0 unspecified atom stereocenters. The highest BCUT2D eigenvalue weighted by Gasteiger charge is 2.23. The smallest absolute Gasteiger partial charge is 0.320 e. The molecule has 0 aliphatic carbocycles. The van der Waals surface area contributed by atoms with E-state index < -0.39 is 6.55 Å². The van der Waals surface area contributed by atoms with Crippen LogP contribution in [0.25, 0.3) is 22.3 Å². The van der Waals surface area contributed by atoms with Crippen LogP contribution < -0.4 is 15.0 Å². The van der Waals surface area contributed by atoms with Crippen molar-refractivity contribution < 1.29 is 23.0 Å². The summed E-state index contributed by atoms with van der Waals surface area (Å²) in [5.74, 6) is 0.317. The number of anilines is 1. The number of hydrogen-bond donors (Lipinski definition) is 1. The molecule has 174 valence electrons. The zero-order valence-electron chi connectivity index (χ0n) is 18.0. The van der Waals surface area contributed by atoms with Crippen LogP contribution in [0.5, 0.6) is 5.88 Å². The third-order valence-corrected chi connectivity index (χ3v) is 6.10. The molecule has 1 aromatic carbocycles. The average molecular weight is 457 g/mol. The SMILES string of the molecule is O=C1C[C@@H](CCOc2nc(-c3ccc(N4CCOCC4)cc3)cc3ncn(C(F)F)c23)CN1. The van der Waals surface area contributed by atoms with Crippen LogP contribution in [0.4, 0.5) is 14.5 Å². The number of morpholine rings is 1. The van der Waals surface area contributed by atoms with E-state index in [1.54, 1.807) is 6.07 Å². The van der Waals surface area contributed by atoms with Crippen LogP contribution in [0.15, 0.2) is 36.7 Å². The molecule has 3 aromatic rings. The van der Waals surface area contributed by atoms with Crippen molar-refractivity contribution in [2.24, 2.45) is 5.92 Å². The first-order chi connectivity index (χ1) is 16.1. The number of pyridine rings is 1. The van der Waals surface area contributed by atoms with Crippen molar-refractivity contribution in [3.05, 3.63) is 36.7 Å². The number of ether oxygens (including phenoxy) is 2. The monoisotopic (exact) mass is 457 g/mol. The summed E-state index contributed by atoms with van der Waals surface area (Å²) in [7, 11) is 0. The molecule has 10 heteroatoms. The van der Waals surface area contributed by atoms with Crippen LogP contribution in [-0.4, -0.2) is 59.9 Å². The second-order valence-corrected chi connectivity index (χ2v) is 8.27. The molecule has 2 aromatic heterocycles. The molecule has 2 aliphatic heterocycles. The Morgan fingerprint density at radius 2 is 2.00 bits per heavy atom. The van der Waals surface area contributed by atoms with E-state index in [1.165, 1.54) is 0 Å². The minimum absolute atomic E-state index is 0.0267. The number of fused-ring (bicyclic) bond motifs is 1. The van der Waals surface area contributed by atoms with Gasteiger partial charge in [0.15, 0.2) is 0 Å². The maximum Gasteiger partial charge on any atom is 0.320 e. The number of nitrogens with zero attached hydrogens (tertiary/aromatic N) is 4. The molecule has 0 radical (unpaired) electrons. The lowest BCUT2D eigenvalue weighted by Crippen LogP contribution is -2.36. The van der Waals surface area contributed by atoms with Crippen molar-refractivity contribution in [1.29, 1.82) is 0 Å². The van der Waals surface area contributed by atoms with Gasteiger partial charge in [0.25, 0.3) is 0 Å². The van der Waals surface area contributed by atoms with Crippen LogP contribution >= 0.6 is 0 Å². The Kier molecular flexibility index (Phi) is 6.08. The lowest BCUT2D eigenvalue weighted by Gasteiger charge is -2.28. The number of benzene rings is 1. The molecule has 8 nitrogen and oxygen atoms in total. The number of rotatable bonds is 7. The summed E-state index contributed by atoms with van der Waals surface area (Å²) in [5, 5.41) is 2.79. The topological polar surface area (TPSA) is 81.5 Å². The van der Waals surface area contributed by atoms with Crippen molar-refractivity contribution in [3.63, 3.8) is 0 Å². The minimum Gasteiger partial charge on any atom is -0.476 e. The third-order valence-electron chi connectivity index (χ3n) is 6.10. The van der Waals surface area contributed by atoms with Crippen molar-refractivity contribution in [1.82, 2.24) is 19.9 Å². The second kappa shape index (κ2) is 9.30. The highest BCUT2D eigenvalue weighted by atomic mass is 19.3. The van der Waals surface area contributed by atoms with Crippen molar-refractivity contribution >= 4 is 22.6 Å². The largest absolute Gasteiger partial charge is 0.476 e. The van der Waals surface area contributed by atoms with Gasteiger partial charge in [-0.15, -0.1) is 0 Å². The van der Waals surface area contributed by atoms with Gasteiger partial charge in [0.2, 0.25) is 11.8 Å². The van der Waals surface area contributed by atoms with Crippen LogP contribution in [0, 0.1) is 5.92 Å². The molecule has 0 spiro atoms. The van der Waals surface area contributed by atoms with Gasteiger partial charge in [-0.1, -0.05) is 12.1 Å². The summed E-state index contributed by atoms with van der Waals surface area (Å²) in [6, 6.07) is 9.67. The highest BCUT2D eigenvalue weighted by molar-refractivity contribution is 5.85. The van der Waals surface area contributed by atoms with Crippen LogP contribution in [0.2, 0.25) is 0 Å². The zero-order valence-corrected chi connectivity index (χ0v) is 18.0. The van der Waals surface area contributed by atoms with E-state index in [9.17, 15) is 13.6 Å². The fourth-order valence-electron chi connectivity index (χ4n) is 4.28. The van der Waals surface area contributed by atoms with E-state index in [2.05, 4.69) is 20.2 Å². The quantitative estimate of drug-likeness (QED) is 0.587. The Morgan fingerprint density at radius 1 is 1.21 bits per heavy atom. The normalized spacial score (nSPS) is 18.8. The molecule has 2 saturated heterocycles. The first-order valence-corrected chi connectivity index (χ1v) is 11.1. The van der Waals surface area contributed by atoms with Crippen LogP contribution in [0.1, 0.15) is 19.4 Å². The van der Waals surface area contributed by atoms with Gasteiger partial charge < -0.3 is 19.7 Å². The molecule has 1 atom stereocenters. The average Bonchev–Trinajstić information content (AvgIpc) is 3.46. The number of alkyl halides is 2. The molecule has 4 heterocycles. The summed E-state index contributed by atoms with van der Waals surface area (Å²) in [4.78, 5) is 22.4. The van der Waals surface area contributed by atoms with Gasteiger partial charge in [0.05, 0.1) is 31.0 Å². The minimum atomic E-state index is -2.76. The van der Waals surface area contributed by atoms with Gasteiger partial charge in [-0.2, -0.15) is 8.78 Å². The highest BCUT2D eigenvalue weighted by Crippen LogP contribution is 2.32. The van der Waals surface area contributed by atoms with Gasteiger partial charge in [0, 0.05) is 37.3 Å². The van der Waals surface area contributed by atoms with Crippen molar-refractivity contribution in [2.45, 2.75) is 19.4 Å². The summed E-state index contributed by atoms with van der Waals surface area (Å²) < 4.78 is 39.1. The van der Waals surface area contributed by atoms with Crippen LogP contribution in [-0.2, 0) is 9.53 Å². The number of carbonyl (C=O) groups is 1. The lowest BCUT2D eigenvalue weighted by atomic mass is 10.1. The summed E-state index contributed by atoms with van der Waals surface area (Å²) in [6.07, 6.45) is 2.19. The third kappa shape index (κ3) is 4.61. The number of carbonyl (C=O) groups excluding carboxylic acids is 1. The van der Waals surface area contributed by atoms with Gasteiger partial charge in [0.1, 0.15) is 11.8 Å². The Bertz CT molecular complexity index is 1130. The number of nitrogens with one attached hydrogen (secondary N) is 1. The maximum absolute atomic E-state index is 13.5. The molecular weight excluding hydrogens is 432 g/mol. The Hall–Kier alpha value is -3.27. The Morgan fingerprint density at radius 3 is 2.70 bits per heavy atom. The molecule has 5 rings (SSSR count). The molecule has 2 fully saturated rings. The number of imidazole rings is 1. The van der Waals surface area contributed by atoms with Gasteiger partial charge in [-0.05, 0) is 30.5 Å². The molecule has 1 N–H and O–H groups in total. The fraction of sp³-hybridized carbons (Fsp3) is 0.435.